The van der Waals surface area contributed by atoms with Crippen molar-refractivity contribution in [2.24, 2.45) is 0 Å². The summed E-state index contributed by atoms with van der Waals surface area (Å²) in [5.74, 6) is -0.643. The van der Waals surface area contributed by atoms with Crippen molar-refractivity contribution < 1.29 is 28.5 Å². The molecule has 0 radical (unpaired) electrons. The fourth-order valence-corrected chi connectivity index (χ4v) is 3.42. The summed E-state index contributed by atoms with van der Waals surface area (Å²) in [5, 5.41) is 0. The zero-order chi connectivity index (χ0) is 18.9. The molecule has 0 aliphatic carbocycles. The van der Waals surface area contributed by atoms with E-state index < -0.39 is 32.0 Å². The van der Waals surface area contributed by atoms with E-state index in [1.165, 1.54) is 11.9 Å². The first kappa shape index (κ1) is 18.3. The molecule has 0 unspecified atom stereocenters. The maximum atomic E-state index is 13.3. The van der Waals surface area contributed by atoms with Crippen LogP contribution in [0.1, 0.15) is 11.1 Å². The Hall–Kier alpha value is -2.51. The van der Waals surface area contributed by atoms with Gasteiger partial charge in [0.15, 0.2) is 5.54 Å². The number of carbonyl (C=O) groups excluding carboxylic acids is 2. The highest BCUT2D eigenvalue weighted by atomic mass is 31.2. The van der Waals surface area contributed by atoms with E-state index in [-0.39, 0.29) is 0 Å². The van der Waals surface area contributed by atoms with Crippen molar-refractivity contribution in [3.63, 3.8) is 0 Å². The van der Waals surface area contributed by atoms with Crippen LogP contribution in [0.15, 0.2) is 60.7 Å². The van der Waals surface area contributed by atoms with E-state index in [0.717, 1.165) is 0 Å². The highest BCUT2D eigenvalue weighted by Gasteiger charge is 2.58. The molecule has 8 nitrogen and oxygen atoms in total. The third-order valence-electron chi connectivity index (χ3n) is 4.31. The van der Waals surface area contributed by atoms with Crippen LogP contribution in [-0.4, -0.2) is 45.3 Å². The lowest BCUT2D eigenvalue weighted by Crippen LogP contribution is -2.46. The van der Waals surface area contributed by atoms with Crippen LogP contribution < -0.4 is 0 Å². The van der Waals surface area contributed by atoms with Crippen molar-refractivity contribution in [1.82, 2.24) is 9.80 Å². The molecule has 136 valence electrons. The summed E-state index contributed by atoms with van der Waals surface area (Å²) in [4.78, 5) is 45.7. The van der Waals surface area contributed by atoms with Crippen molar-refractivity contribution in [3.8, 4) is 0 Å². The molecule has 0 aromatic heterocycles. The third-order valence-corrected chi connectivity index (χ3v) is 4.77. The van der Waals surface area contributed by atoms with Crippen LogP contribution in [0, 0.1) is 0 Å². The van der Waals surface area contributed by atoms with Gasteiger partial charge in [-0.05, 0) is 11.1 Å². The van der Waals surface area contributed by atoms with E-state index in [2.05, 4.69) is 4.52 Å². The average molecular weight is 376 g/mol. The van der Waals surface area contributed by atoms with E-state index in [1.54, 1.807) is 60.7 Å². The number of likely N-dealkylation sites (N-methyl/N-ethyl adjacent to an activating group) is 1. The zero-order valence-electron chi connectivity index (χ0n) is 13.8. The lowest BCUT2D eigenvalue weighted by molar-refractivity contribution is -0.133. The highest BCUT2D eigenvalue weighted by molar-refractivity contribution is 7.46. The number of benzene rings is 2. The molecule has 9 heteroatoms. The van der Waals surface area contributed by atoms with Crippen molar-refractivity contribution in [2.45, 2.75) is 5.54 Å². The summed E-state index contributed by atoms with van der Waals surface area (Å²) in [5.41, 5.74) is -0.325. The number of urea groups is 1. The Morgan fingerprint density at radius 3 is 1.85 bits per heavy atom. The molecule has 3 amide bonds. The van der Waals surface area contributed by atoms with Crippen molar-refractivity contribution in [3.05, 3.63) is 71.8 Å². The predicted octanol–water partition coefficient (Wildman–Crippen LogP) is 1.89. The van der Waals surface area contributed by atoms with Gasteiger partial charge in [0.1, 0.15) is 6.73 Å². The SMILES string of the molecule is CN1C(=O)N(COP(=O)(O)O)C(=O)C1(c1ccccc1)c1ccccc1. The Morgan fingerprint density at radius 1 is 0.962 bits per heavy atom. The van der Waals surface area contributed by atoms with Crippen molar-refractivity contribution in [2.75, 3.05) is 13.8 Å². The summed E-state index contributed by atoms with van der Waals surface area (Å²) in [6.45, 7) is -0.840. The Labute approximate surface area is 149 Å². The second-order valence-corrected chi connectivity index (χ2v) is 7.01. The first-order valence-corrected chi connectivity index (χ1v) is 9.22. The molecule has 1 fully saturated rings. The van der Waals surface area contributed by atoms with Crippen LogP contribution in [-0.2, 0) is 19.4 Å². The van der Waals surface area contributed by atoms with Crippen LogP contribution in [0.4, 0.5) is 4.79 Å². The minimum absolute atomic E-state index is 0.561. The molecular formula is C17H17N2O6P. The van der Waals surface area contributed by atoms with Gasteiger partial charge in [0, 0.05) is 7.05 Å². The number of phosphoric ester groups is 1. The lowest BCUT2D eigenvalue weighted by atomic mass is 9.81. The Balaban J connectivity index is 2.14. The maximum Gasteiger partial charge on any atom is 0.471 e. The van der Waals surface area contributed by atoms with Crippen LogP contribution in [0.3, 0.4) is 0 Å². The average Bonchev–Trinajstić information content (AvgIpc) is 2.81. The molecule has 2 aromatic rings. The maximum absolute atomic E-state index is 13.3. The minimum Gasteiger partial charge on any atom is -0.305 e. The fourth-order valence-electron chi connectivity index (χ4n) is 3.16. The Kier molecular flexibility index (Phi) is 4.68. The normalized spacial score (nSPS) is 17.0. The summed E-state index contributed by atoms with van der Waals surface area (Å²) in [7, 11) is -3.37. The second kappa shape index (κ2) is 6.66. The van der Waals surface area contributed by atoms with Gasteiger partial charge in [0.25, 0.3) is 5.91 Å². The number of imide groups is 1. The Bertz CT molecular complexity index is 828. The second-order valence-electron chi connectivity index (χ2n) is 5.77. The fraction of sp³-hybridized carbons (Fsp3) is 0.176. The van der Waals surface area contributed by atoms with E-state index in [1.807, 2.05) is 0 Å². The van der Waals surface area contributed by atoms with Gasteiger partial charge in [0.05, 0.1) is 0 Å². The lowest BCUT2D eigenvalue weighted by Gasteiger charge is -2.33. The third kappa shape index (κ3) is 2.93. The molecular weight excluding hydrogens is 359 g/mol. The topological polar surface area (TPSA) is 107 Å². The first-order chi connectivity index (χ1) is 12.3. The zero-order valence-corrected chi connectivity index (χ0v) is 14.7. The molecule has 1 saturated heterocycles. The van der Waals surface area contributed by atoms with Crippen molar-refractivity contribution >= 4 is 19.8 Å². The van der Waals surface area contributed by atoms with E-state index in [9.17, 15) is 14.2 Å². The van der Waals surface area contributed by atoms with Gasteiger partial charge in [0.2, 0.25) is 0 Å². The largest absolute Gasteiger partial charge is 0.471 e. The number of carbonyl (C=O) groups is 2. The predicted molar refractivity (Wildman–Crippen MR) is 91.7 cm³/mol. The minimum atomic E-state index is -4.84. The van der Waals surface area contributed by atoms with Crippen LogP contribution in [0.2, 0.25) is 0 Å². The number of phosphoric acid groups is 1. The molecule has 0 spiro atoms. The molecule has 1 aliphatic rings. The number of hydrogen-bond donors (Lipinski definition) is 2. The smallest absolute Gasteiger partial charge is 0.305 e. The van der Waals surface area contributed by atoms with E-state index in [0.29, 0.717) is 16.0 Å². The van der Waals surface area contributed by atoms with Gasteiger partial charge in [-0.3, -0.25) is 9.32 Å². The molecule has 2 N–H and O–H groups in total. The molecule has 0 atom stereocenters. The first-order valence-electron chi connectivity index (χ1n) is 7.69. The summed E-state index contributed by atoms with van der Waals surface area (Å²) in [6, 6.07) is 16.8. The molecule has 26 heavy (non-hydrogen) atoms. The molecule has 2 aromatic carbocycles. The van der Waals surface area contributed by atoms with Crippen LogP contribution >= 0.6 is 7.82 Å². The van der Waals surface area contributed by atoms with Gasteiger partial charge in [-0.1, -0.05) is 60.7 Å². The molecule has 1 aliphatic heterocycles. The summed E-state index contributed by atoms with van der Waals surface area (Å²) >= 11 is 0. The van der Waals surface area contributed by atoms with Crippen LogP contribution in [0.5, 0.6) is 0 Å². The van der Waals surface area contributed by atoms with Crippen molar-refractivity contribution in [1.29, 1.82) is 0 Å². The van der Waals surface area contributed by atoms with Gasteiger partial charge in [-0.2, -0.15) is 0 Å². The van der Waals surface area contributed by atoms with Crippen LogP contribution in [0.25, 0.3) is 0 Å². The number of hydrogen-bond acceptors (Lipinski definition) is 4. The number of nitrogens with zero attached hydrogens (tertiary/aromatic N) is 2. The molecule has 3 rings (SSSR count). The van der Waals surface area contributed by atoms with Gasteiger partial charge in [-0.15, -0.1) is 0 Å². The van der Waals surface area contributed by atoms with Gasteiger partial charge < -0.3 is 14.7 Å². The summed E-state index contributed by atoms with van der Waals surface area (Å²) < 4.78 is 15.4. The monoisotopic (exact) mass is 376 g/mol. The molecule has 0 bridgehead atoms. The van der Waals surface area contributed by atoms with Gasteiger partial charge >= 0.3 is 13.9 Å². The molecule has 1 heterocycles. The number of amides is 3. The van der Waals surface area contributed by atoms with E-state index in [4.69, 9.17) is 9.79 Å². The number of rotatable bonds is 5. The van der Waals surface area contributed by atoms with E-state index >= 15 is 0 Å². The van der Waals surface area contributed by atoms with Gasteiger partial charge in [-0.25, -0.2) is 14.3 Å². The Morgan fingerprint density at radius 2 is 1.42 bits per heavy atom. The quantitative estimate of drug-likeness (QED) is 0.610. The summed E-state index contributed by atoms with van der Waals surface area (Å²) in [6.07, 6.45) is 0. The highest BCUT2D eigenvalue weighted by Crippen LogP contribution is 2.43. The molecule has 0 saturated carbocycles. The standard InChI is InChI=1S/C17H17N2O6P/c1-18-16(21)19(12-25-26(22,23)24)15(20)17(18,13-8-4-2-5-9-13)14-10-6-3-7-11-14/h2-11H,12H2,1H3,(H2,22,23,24).